The number of carboxylic acids is 1. The number of carboxylic acid groups (broad SMARTS) is 1. The SMILES string of the molecule is O=C(NC(CO)C(=O)O)c1cccc(Cl)c1F. The van der Waals surface area contributed by atoms with Gasteiger partial charge in [-0.05, 0) is 12.1 Å². The number of nitrogens with one attached hydrogen (secondary N) is 1. The molecule has 3 N–H and O–H groups in total. The number of amides is 1. The molecule has 1 unspecified atom stereocenters. The van der Waals surface area contributed by atoms with Crippen LogP contribution in [-0.4, -0.2) is 34.7 Å². The first-order chi connectivity index (χ1) is 7.97. The van der Waals surface area contributed by atoms with Gasteiger partial charge in [-0.2, -0.15) is 0 Å². The van der Waals surface area contributed by atoms with E-state index in [9.17, 15) is 14.0 Å². The highest BCUT2D eigenvalue weighted by Crippen LogP contribution is 2.17. The van der Waals surface area contributed by atoms with E-state index in [2.05, 4.69) is 0 Å². The molecule has 1 aromatic carbocycles. The van der Waals surface area contributed by atoms with Crippen molar-refractivity contribution in [2.45, 2.75) is 6.04 Å². The fraction of sp³-hybridized carbons (Fsp3) is 0.200. The Morgan fingerprint density at radius 2 is 2.12 bits per heavy atom. The summed E-state index contributed by atoms with van der Waals surface area (Å²) in [6.45, 7) is -0.788. The number of carbonyl (C=O) groups excluding carboxylic acids is 1. The quantitative estimate of drug-likeness (QED) is 0.743. The van der Waals surface area contributed by atoms with E-state index in [4.69, 9.17) is 21.8 Å². The molecule has 0 fully saturated rings. The van der Waals surface area contributed by atoms with Crippen LogP contribution >= 0.6 is 11.6 Å². The molecule has 7 heteroatoms. The molecule has 0 aromatic heterocycles. The minimum Gasteiger partial charge on any atom is -0.480 e. The van der Waals surface area contributed by atoms with E-state index in [1.807, 2.05) is 5.32 Å². The molecule has 1 rings (SSSR count). The summed E-state index contributed by atoms with van der Waals surface area (Å²) in [5.74, 6) is -3.30. The van der Waals surface area contributed by atoms with Crippen molar-refractivity contribution in [3.63, 3.8) is 0 Å². The van der Waals surface area contributed by atoms with Crippen LogP contribution in [0.1, 0.15) is 10.4 Å². The summed E-state index contributed by atoms with van der Waals surface area (Å²) in [6, 6.07) is 2.29. The van der Waals surface area contributed by atoms with E-state index in [-0.39, 0.29) is 10.6 Å². The van der Waals surface area contributed by atoms with E-state index >= 15 is 0 Å². The summed E-state index contributed by atoms with van der Waals surface area (Å²) in [5, 5.41) is 19.0. The predicted octanol–water partition coefficient (Wildman–Crippen LogP) is 0.654. The summed E-state index contributed by atoms with van der Waals surface area (Å²) >= 11 is 5.47. The molecule has 1 amide bonds. The zero-order valence-electron chi connectivity index (χ0n) is 8.48. The van der Waals surface area contributed by atoms with Gasteiger partial charge in [0.25, 0.3) is 5.91 Å². The number of rotatable bonds is 4. The molecule has 0 aliphatic heterocycles. The van der Waals surface area contributed by atoms with Gasteiger partial charge in [0.2, 0.25) is 0 Å². The van der Waals surface area contributed by atoms with Crippen molar-refractivity contribution in [1.82, 2.24) is 5.32 Å². The van der Waals surface area contributed by atoms with Crippen LogP contribution in [0.4, 0.5) is 4.39 Å². The van der Waals surface area contributed by atoms with Crippen molar-refractivity contribution in [3.05, 3.63) is 34.6 Å². The molecule has 1 atom stereocenters. The Morgan fingerprint density at radius 3 is 2.65 bits per heavy atom. The lowest BCUT2D eigenvalue weighted by atomic mass is 10.2. The van der Waals surface area contributed by atoms with Crippen molar-refractivity contribution in [2.75, 3.05) is 6.61 Å². The summed E-state index contributed by atoms with van der Waals surface area (Å²) in [4.78, 5) is 22.1. The third-order valence-electron chi connectivity index (χ3n) is 1.98. The molecule has 0 saturated carbocycles. The topological polar surface area (TPSA) is 86.6 Å². The molecule has 0 aliphatic carbocycles. The minimum atomic E-state index is -1.49. The molecule has 0 radical (unpaired) electrons. The third-order valence-corrected chi connectivity index (χ3v) is 2.27. The summed E-state index contributed by atoms with van der Waals surface area (Å²) in [7, 11) is 0. The Hall–Kier alpha value is -1.66. The molecule has 0 aliphatic rings. The van der Waals surface area contributed by atoms with Gasteiger partial charge in [-0.3, -0.25) is 4.79 Å². The molecule has 92 valence electrons. The maximum Gasteiger partial charge on any atom is 0.328 e. The van der Waals surface area contributed by atoms with Crippen LogP contribution < -0.4 is 5.32 Å². The lowest BCUT2D eigenvalue weighted by Gasteiger charge is -2.12. The van der Waals surface area contributed by atoms with Crippen molar-refractivity contribution >= 4 is 23.5 Å². The van der Waals surface area contributed by atoms with Crippen molar-refractivity contribution in [3.8, 4) is 0 Å². The summed E-state index contributed by atoms with van der Waals surface area (Å²) < 4.78 is 13.4. The van der Waals surface area contributed by atoms with Crippen LogP contribution in [0, 0.1) is 5.82 Å². The fourth-order valence-corrected chi connectivity index (χ4v) is 1.28. The van der Waals surface area contributed by atoms with Gasteiger partial charge in [-0.1, -0.05) is 17.7 Å². The highest BCUT2D eigenvalue weighted by Gasteiger charge is 2.21. The molecule has 0 bridgehead atoms. The van der Waals surface area contributed by atoms with Gasteiger partial charge in [0.05, 0.1) is 17.2 Å². The fourth-order valence-electron chi connectivity index (χ4n) is 1.10. The van der Waals surface area contributed by atoms with Crippen LogP contribution in [-0.2, 0) is 4.79 Å². The Morgan fingerprint density at radius 1 is 1.47 bits per heavy atom. The molecule has 0 saturated heterocycles. The van der Waals surface area contributed by atoms with E-state index in [1.165, 1.54) is 12.1 Å². The van der Waals surface area contributed by atoms with Crippen molar-refractivity contribution < 1.29 is 24.2 Å². The highest BCUT2D eigenvalue weighted by molar-refractivity contribution is 6.31. The molecule has 0 spiro atoms. The van der Waals surface area contributed by atoms with Gasteiger partial charge >= 0.3 is 5.97 Å². The smallest absolute Gasteiger partial charge is 0.328 e. The second-order valence-corrected chi connectivity index (χ2v) is 3.56. The molecule has 0 heterocycles. The Bertz CT molecular complexity index is 452. The largest absolute Gasteiger partial charge is 0.480 e. The van der Waals surface area contributed by atoms with Gasteiger partial charge < -0.3 is 15.5 Å². The normalized spacial score (nSPS) is 11.9. The number of aliphatic hydroxyl groups is 1. The predicted molar refractivity (Wildman–Crippen MR) is 57.4 cm³/mol. The number of hydrogen-bond acceptors (Lipinski definition) is 3. The number of halogens is 2. The third kappa shape index (κ3) is 3.15. The van der Waals surface area contributed by atoms with Crippen LogP contribution in [0.15, 0.2) is 18.2 Å². The van der Waals surface area contributed by atoms with Gasteiger partial charge in [-0.25, -0.2) is 9.18 Å². The number of aliphatic hydroxyl groups excluding tert-OH is 1. The average Bonchev–Trinajstić information content (AvgIpc) is 2.28. The molecular formula is C10H9ClFNO4. The van der Waals surface area contributed by atoms with Crippen LogP contribution in [0.5, 0.6) is 0 Å². The lowest BCUT2D eigenvalue weighted by Crippen LogP contribution is -2.43. The second kappa shape index (κ2) is 5.60. The molecule has 5 nitrogen and oxygen atoms in total. The first-order valence-corrected chi connectivity index (χ1v) is 4.93. The van der Waals surface area contributed by atoms with Crippen molar-refractivity contribution in [2.24, 2.45) is 0 Å². The maximum atomic E-state index is 13.4. The van der Waals surface area contributed by atoms with Crippen LogP contribution in [0.2, 0.25) is 5.02 Å². The zero-order valence-corrected chi connectivity index (χ0v) is 9.24. The number of hydrogen-bond donors (Lipinski definition) is 3. The van der Waals surface area contributed by atoms with Gasteiger partial charge in [-0.15, -0.1) is 0 Å². The number of carbonyl (C=O) groups is 2. The number of benzene rings is 1. The molecule has 17 heavy (non-hydrogen) atoms. The van der Waals surface area contributed by atoms with E-state index in [0.717, 1.165) is 6.07 Å². The van der Waals surface area contributed by atoms with E-state index < -0.39 is 30.3 Å². The molecular weight excluding hydrogens is 253 g/mol. The Kier molecular flexibility index (Phi) is 4.42. The Labute approximate surface area is 101 Å². The van der Waals surface area contributed by atoms with Gasteiger partial charge in [0, 0.05) is 0 Å². The van der Waals surface area contributed by atoms with E-state index in [0.29, 0.717) is 0 Å². The Balaban J connectivity index is 2.90. The lowest BCUT2D eigenvalue weighted by molar-refractivity contribution is -0.140. The standard InChI is InChI=1S/C10H9ClFNO4/c11-6-3-1-2-5(8(6)12)9(15)13-7(4-14)10(16)17/h1-3,7,14H,4H2,(H,13,15)(H,16,17). The van der Waals surface area contributed by atoms with E-state index in [1.54, 1.807) is 0 Å². The maximum absolute atomic E-state index is 13.4. The van der Waals surface area contributed by atoms with Gasteiger partial charge in [0.1, 0.15) is 0 Å². The summed E-state index contributed by atoms with van der Waals surface area (Å²) in [5.41, 5.74) is -0.378. The van der Waals surface area contributed by atoms with Gasteiger partial charge in [0.15, 0.2) is 11.9 Å². The summed E-state index contributed by atoms with van der Waals surface area (Å²) in [6.07, 6.45) is 0. The second-order valence-electron chi connectivity index (χ2n) is 3.15. The average molecular weight is 262 g/mol. The first kappa shape index (κ1) is 13.4. The number of aliphatic carboxylic acids is 1. The minimum absolute atomic E-state index is 0.242. The van der Waals surface area contributed by atoms with Crippen molar-refractivity contribution in [1.29, 1.82) is 0 Å². The molecule has 1 aromatic rings. The zero-order chi connectivity index (χ0) is 13.0. The van der Waals surface area contributed by atoms with Crippen LogP contribution in [0.25, 0.3) is 0 Å². The monoisotopic (exact) mass is 261 g/mol. The first-order valence-electron chi connectivity index (χ1n) is 4.56. The highest BCUT2D eigenvalue weighted by atomic mass is 35.5. The van der Waals surface area contributed by atoms with Crippen LogP contribution in [0.3, 0.4) is 0 Å².